The maximum atomic E-state index is 13.6. The van der Waals surface area contributed by atoms with Crippen LogP contribution >= 0.6 is 11.6 Å². The Morgan fingerprint density at radius 3 is 2.64 bits per heavy atom. The lowest BCUT2D eigenvalue weighted by Gasteiger charge is -2.14. The predicted octanol–water partition coefficient (Wildman–Crippen LogP) is 6.63. The zero-order chi connectivity index (χ0) is 24.0. The second-order valence-electron chi connectivity index (χ2n) is 7.66. The third kappa shape index (κ3) is 6.21. The number of rotatable bonds is 7. The van der Waals surface area contributed by atoms with Crippen molar-refractivity contribution in [2.24, 2.45) is 0 Å². The van der Waals surface area contributed by atoms with Crippen molar-refractivity contribution in [1.29, 1.82) is 5.26 Å². The van der Waals surface area contributed by atoms with Crippen LogP contribution in [0.3, 0.4) is 0 Å². The van der Waals surface area contributed by atoms with Crippen molar-refractivity contribution in [3.63, 3.8) is 0 Å². The molecule has 3 rings (SSSR count). The molecule has 0 fully saturated rings. The van der Waals surface area contributed by atoms with Gasteiger partial charge in [0.25, 0.3) is 5.91 Å². The number of hydrogen-bond acceptors (Lipinski definition) is 3. The van der Waals surface area contributed by atoms with Gasteiger partial charge in [0.05, 0.1) is 6.61 Å². The summed E-state index contributed by atoms with van der Waals surface area (Å²) in [6, 6.07) is 17.3. The lowest BCUT2D eigenvalue weighted by molar-refractivity contribution is -0.112. The first kappa shape index (κ1) is 24.0. The van der Waals surface area contributed by atoms with Gasteiger partial charge >= 0.3 is 0 Å². The van der Waals surface area contributed by atoms with Crippen molar-refractivity contribution < 1.29 is 13.9 Å². The number of anilines is 1. The number of carbonyl (C=O) groups excluding carboxylic acids is 1. The van der Waals surface area contributed by atoms with E-state index in [1.807, 2.05) is 51.1 Å². The van der Waals surface area contributed by atoms with Gasteiger partial charge in [-0.1, -0.05) is 41.4 Å². The summed E-state index contributed by atoms with van der Waals surface area (Å²) in [5.41, 5.74) is 4.59. The highest BCUT2D eigenvalue weighted by atomic mass is 35.5. The van der Waals surface area contributed by atoms with E-state index in [0.717, 1.165) is 16.7 Å². The second kappa shape index (κ2) is 10.8. The molecule has 0 aliphatic heterocycles. The van der Waals surface area contributed by atoms with E-state index in [1.54, 1.807) is 18.2 Å². The lowest BCUT2D eigenvalue weighted by Crippen LogP contribution is -2.14. The summed E-state index contributed by atoms with van der Waals surface area (Å²) in [5.74, 6) is -0.315. The zero-order valence-electron chi connectivity index (χ0n) is 18.7. The first-order valence-corrected chi connectivity index (χ1v) is 10.9. The molecule has 0 unspecified atom stereocenters. The summed E-state index contributed by atoms with van der Waals surface area (Å²) >= 11 is 6.55. The molecule has 0 heterocycles. The minimum absolute atomic E-state index is 0.0635. The molecule has 0 saturated heterocycles. The fourth-order valence-electron chi connectivity index (χ4n) is 3.48. The van der Waals surface area contributed by atoms with Gasteiger partial charge in [-0.3, -0.25) is 4.79 Å². The van der Waals surface area contributed by atoms with E-state index in [1.165, 1.54) is 18.2 Å². The molecule has 0 atom stereocenters. The van der Waals surface area contributed by atoms with Crippen LogP contribution < -0.4 is 10.1 Å². The number of benzene rings is 3. The molecule has 4 nitrogen and oxygen atoms in total. The summed E-state index contributed by atoms with van der Waals surface area (Å²) in [7, 11) is 0. The monoisotopic (exact) mass is 462 g/mol. The minimum Gasteiger partial charge on any atom is -0.494 e. The molecule has 1 N–H and O–H groups in total. The number of nitrogens with one attached hydrogen (secondary N) is 1. The highest BCUT2D eigenvalue weighted by Gasteiger charge is 2.15. The fraction of sp³-hybridized carbons (Fsp3) is 0.185. The van der Waals surface area contributed by atoms with Gasteiger partial charge in [0.1, 0.15) is 23.2 Å². The van der Waals surface area contributed by atoms with E-state index in [2.05, 4.69) is 5.32 Å². The number of ether oxygens (including phenoxy) is 1. The van der Waals surface area contributed by atoms with Crippen LogP contribution in [-0.4, -0.2) is 12.5 Å². The largest absolute Gasteiger partial charge is 0.494 e. The quantitative estimate of drug-likeness (QED) is 0.316. The second-order valence-corrected chi connectivity index (χ2v) is 8.07. The summed E-state index contributed by atoms with van der Waals surface area (Å²) in [6.45, 7) is 6.11. The Balaban J connectivity index is 1.92. The number of nitriles is 1. The zero-order valence-corrected chi connectivity index (χ0v) is 19.5. The average molecular weight is 463 g/mol. The number of halogens is 2. The van der Waals surface area contributed by atoms with Gasteiger partial charge < -0.3 is 10.1 Å². The average Bonchev–Trinajstić information content (AvgIpc) is 2.76. The Bertz CT molecular complexity index is 1260. The Kier molecular flexibility index (Phi) is 7.87. The highest BCUT2D eigenvalue weighted by Crippen LogP contribution is 2.32. The van der Waals surface area contributed by atoms with Crippen LogP contribution in [0.1, 0.15) is 34.7 Å². The Morgan fingerprint density at radius 2 is 1.97 bits per heavy atom. The van der Waals surface area contributed by atoms with Crippen molar-refractivity contribution in [2.45, 2.75) is 27.2 Å². The van der Waals surface area contributed by atoms with E-state index in [0.29, 0.717) is 40.6 Å². The molecule has 0 aliphatic rings. The third-order valence-corrected chi connectivity index (χ3v) is 5.39. The van der Waals surface area contributed by atoms with Crippen LogP contribution in [-0.2, 0) is 11.2 Å². The topological polar surface area (TPSA) is 62.1 Å². The maximum Gasteiger partial charge on any atom is 0.266 e. The van der Waals surface area contributed by atoms with E-state index in [-0.39, 0.29) is 11.4 Å². The fourth-order valence-corrected chi connectivity index (χ4v) is 3.77. The first-order valence-electron chi connectivity index (χ1n) is 10.5. The Labute approximate surface area is 198 Å². The third-order valence-electron chi connectivity index (χ3n) is 5.05. The molecule has 0 aromatic heterocycles. The summed E-state index contributed by atoms with van der Waals surface area (Å²) in [5, 5.41) is 12.8. The van der Waals surface area contributed by atoms with Gasteiger partial charge in [0.15, 0.2) is 0 Å². The summed E-state index contributed by atoms with van der Waals surface area (Å²) in [6.07, 6.45) is 1.85. The number of nitrogens with zero attached hydrogens (tertiary/aromatic N) is 1. The maximum absolute atomic E-state index is 13.6. The van der Waals surface area contributed by atoms with E-state index < -0.39 is 5.91 Å². The van der Waals surface area contributed by atoms with Gasteiger partial charge in [0.2, 0.25) is 0 Å². The lowest BCUT2D eigenvalue weighted by atomic mass is 10.0. The van der Waals surface area contributed by atoms with Crippen molar-refractivity contribution in [3.05, 3.63) is 98.8 Å². The van der Waals surface area contributed by atoms with Gasteiger partial charge in [-0.25, -0.2) is 4.39 Å². The van der Waals surface area contributed by atoms with Crippen LogP contribution in [0.25, 0.3) is 6.08 Å². The van der Waals surface area contributed by atoms with E-state index in [9.17, 15) is 14.4 Å². The number of amides is 1. The SMILES string of the molecule is CCOc1cc(/C=C(\C#N)C(=O)Nc2ccc(C)cc2C)cc(Cl)c1Cc1cccc(F)c1. The molecular formula is C27H24ClFN2O2. The number of carbonyl (C=O) groups is 1. The number of aryl methyl sites for hydroxylation is 2. The van der Waals surface area contributed by atoms with Gasteiger partial charge in [0, 0.05) is 22.7 Å². The van der Waals surface area contributed by atoms with Crippen LogP contribution in [0.5, 0.6) is 5.75 Å². The smallest absolute Gasteiger partial charge is 0.266 e. The molecule has 33 heavy (non-hydrogen) atoms. The van der Waals surface area contributed by atoms with Gasteiger partial charge in [-0.15, -0.1) is 0 Å². The van der Waals surface area contributed by atoms with Gasteiger partial charge in [-0.2, -0.15) is 5.26 Å². The normalized spacial score (nSPS) is 11.1. The van der Waals surface area contributed by atoms with Crippen molar-refractivity contribution in [3.8, 4) is 11.8 Å². The minimum atomic E-state index is -0.512. The highest BCUT2D eigenvalue weighted by molar-refractivity contribution is 6.31. The summed E-state index contributed by atoms with van der Waals surface area (Å²) in [4.78, 5) is 12.7. The predicted molar refractivity (Wildman–Crippen MR) is 130 cm³/mol. The van der Waals surface area contributed by atoms with Crippen molar-refractivity contribution in [1.82, 2.24) is 0 Å². The molecule has 168 valence electrons. The standard InChI is InChI=1S/C27H24ClFN2O2/c1-4-33-26-15-20(14-24(28)23(26)13-19-6-5-7-22(29)12-19)11-21(16-30)27(32)31-25-9-8-17(2)10-18(25)3/h5-12,14-15H,4,13H2,1-3H3,(H,31,32)/b21-11+. The molecule has 1 amide bonds. The molecule has 0 saturated carbocycles. The van der Waals surface area contributed by atoms with Gasteiger partial charge in [-0.05, 0) is 73.9 Å². The molecule has 0 aliphatic carbocycles. The molecule has 0 radical (unpaired) electrons. The molecular weight excluding hydrogens is 439 g/mol. The molecule has 3 aromatic carbocycles. The molecule has 3 aromatic rings. The summed E-state index contributed by atoms with van der Waals surface area (Å²) < 4.78 is 19.4. The Hall–Kier alpha value is -3.62. The van der Waals surface area contributed by atoms with E-state index in [4.69, 9.17) is 16.3 Å². The molecule has 6 heteroatoms. The van der Waals surface area contributed by atoms with Crippen molar-refractivity contribution in [2.75, 3.05) is 11.9 Å². The van der Waals surface area contributed by atoms with Crippen LogP contribution in [0.4, 0.5) is 10.1 Å². The first-order chi connectivity index (χ1) is 15.8. The molecule has 0 bridgehead atoms. The van der Waals surface area contributed by atoms with Crippen LogP contribution in [0.15, 0.2) is 60.2 Å². The van der Waals surface area contributed by atoms with Crippen LogP contribution in [0, 0.1) is 31.0 Å². The van der Waals surface area contributed by atoms with Crippen LogP contribution in [0.2, 0.25) is 5.02 Å². The Morgan fingerprint density at radius 1 is 1.18 bits per heavy atom. The molecule has 0 spiro atoms. The van der Waals surface area contributed by atoms with Crippen molar-refractivity contribution >= 4 is 29.3 Å². The number of hydrogen-bond donors (Lipinski definition) is 1. The van der Waals surface area contributed by atoms with E-state index >= 15 is 0 Å².